The number of aryl methyl sites for hydroxylation is 1. The molecule has 0 heterocycles. The van der Waals surface area contributed by atoms with Crippen LogP contribution in [0.15, 0.2) is 18.2 Å². The molecular weight excluding hydrogens is 250 g/mol. The zero-order valence-electron chi connectivity index (χ0n) is 12.6. The normalized spacial score (nSPS) is 15.9. The van der Waals surface area contributed by atoms with Crippen LogP contribution in [-0.2, 0) is 4.79 Å². The standard InChI is InChI=1S/C17H25NO2/c1-13-7-6-10-16(14(13)2)20-12-11-18-17(19)15-8-4-3-5-9-15/h6-7,10,15H,3-5,8-9,11-12H2,1-2H3,(H,18,19). The zero-order valence-corrected chi connectivity index (χ0v) is 12.6. The largest absolute Gasteiger partial charge is 0.491 e. The first-order chi connectivity index (χ1) is 9.68. The minimum absolute atomic E-state index is 0.203. The topological polar surface area (TPSA) is 38.3 Å². The van der Waals surface area contributed by atoms with Crippen LogP contribution in [0.3, 0.4) is 0 Å². The quantitative estimate of drug-likeness (QED) is 0.837. The van der Waals surface area contributed by atoms with Crippen molar-refractivity contribution in [3.63, 3.8) is 0 Å². The van der Waals surface area contributed by atoms with Gasteiger partial charge in [0.15, 0.2) is 0 Å². The van der Waals surface area contributed by atoms with Crippen molar-refractivity contribution in [3.05, 3.63) is 29.3 Å². The first kappa shape index (κ1) is 14.9. The Bertz CT molecular complexity index is 450. The van der Waals surface area contributed by atoms with Crippen LogP contribution < -0.4 is 10.1 Å². The lowest BCUT2D eigenvalue weighted by Gasteiger charge is -2.20. The average molecular weight is 275 g/mol. The predicted molar refractivity (Wildman–Crippen MR) is 81.0 cm³/mol. The van der Waals surface area contributed by atoms with E-state index in [2.05, 4.69) is 25.2 Å². The molecule has 1 aliphatic carbocycles. The summed E-state index contributed by atoms with van der Waals surface area (Å²) in [5.41, 5.74) is 2.40. The Morgan fingerprint density at radius 3 is 2.75 bits per heavy atom. The highest BCUT2D eigenvalue weighted by Gasteiger charge is 2.20. The van der Waals surface area contributed by atoms with Crippen LogP contribution >= 0.6 is 0 Å². The molecule has 0 saturated heterocycles. The van der Waals surface area contributed by atoms with Crippen LogP contribution in [0.5, 0.6) is 5.75 Å². The summed E-state index contributed by atoms with van der Waals surface area (Å²) >= 11 is 0. The molecule has 0 radical (unpaired) electrons. The van der Waals surface area contributed by atoms with E-state index in [1.165, 1.54) is 30.4 Å². The smallest absolute Gasteiger partial charge is 0.223 e. The molecule has 1 saturated carbocycles. The molecule has 0 unspecified atom stereocenters. The molecule has 3 heteroatoms. The van der Waals surface area contributed by atoms with Crippen molar-refractivity contribution in [1.82, 2.24) is 5.32 Å². The van der Waals surface area contributed by atoms with Crippen molar-refractivity contribution in [2.24, 2.45) is 5.92 Å². The molecule has 0 spiro atoms. The highest BCUT2D eigenvalue weighted by molar-refractivity contribution is 5.78. The van der Waals surface area contributed by atoms with Gasteiger partial charge in [0, 0.05) is 5.92 Å². The lowest BCUT2D eigenvalue weighted by atomic mass is 9.89. The van der Waals surface area contributed by atoms with E-state index in [1.807, 2.05) is 12.1 Å². The minimum Gasteiger partial charge on any atom is -0.491 e. The molecule has 1 aliphatic rings. The Morgan fingerprint density at radius 1 is 1.25 bits per heavy atom. The third-order valence-electron chi connectivity index (χ3n) is 4.19. The number of carbonyl (C=O) groups excluding carboxylic acids is 1. The Hall–Kier alpha value is -1.51. The Balaban J connectivity index is 1.70. The number of rotatable bonds is 5. The second-order valence-electron chi connectivity index (χ2n) is 5.67. The fourth-order valence-electron chi connectivity index (χ4n) is 2.72. The van der Waals surface area contributed by atoms with Gasteiger partial charge in [-0.05, 0) is 43.9 Å². The second kappa shape index (κ2) is 7.32. The molecule has 110 valence electrons. The first-order valence-electron chi connectivity index (χ1n) is 7.65. The Kier molecular flexibility index (Phi) is 5.45. The fourth-order valence-corrected chi connectivity index (χ4v) is 2.72. The highest BCUT2D eigenvalue weighted by Crippen LogP contribution is 2.23. The fraction of sp³-hybridized carbons (Fsp3) is 0.588. The van der Waals surface area contributed by atoms with Crippen LogP contribution in [0.1, 0.15) is 43.2 Å². The van der Waals surface area contributed by atoms with Gasteiger partial charge in [-0.1, -0.05) is 31.4 Å². The summed E-state index contributed by atoms with van der Waals surface area (Å²) in [5, 5.41) is 2.99. The van der Waals surface area contributed by atoms with E-state index < -0.39 is 0 Å². The van der Waals surface area contributed by atoms with Crippen LogP contribution in [0.4, 0.5) is 0 Å². The number of nitrogens with one attached hydrogen (secondary N) is 1. The second-order valence-corrected chi connectivity index (χ2v) is 5.67. The van der Waals surface area contributed by atoms with Gasteiger partial charge in [0.2, 0.25) is 5.91 Å². The average Bonchev–Trinajstić information content (AvgIpc) is 2.48. The summed E-state index contributed by atoms with van der Waals surface area (Å²) in [6, 6.07) is 6.05. The molecule has 1 fully saturated rings. The van der Waals surface area contributed by atoms with Crippen molar-refractivity contribution in [3.8, 4) is 5.75 Å². The van der Waals surface area contributed by atoms with E-state index >= 15 is 0 Å². The number of amides is 1. The van der Waals surface area contributed by atoms with Gasteiger partial charge in [0.25, 0.3) is 0 Å². The third kappa shape index (κ3) is 3.99. The molecular formula is C17H25NO2. The van der Waals surface area contributed by atoms with Crippen LogP contribution in [0.2, 0.25) is 0 Å². The molecule has 20 heavy (non-hydrogen) atoms. The number of benzene rings is 1. The van der Waals surface area contributed by atoms with Gasteiger partial charge >= 0.3 is 0 Å². The molecule has 1 N–H and O–H groups in total. The molecule has 2 rings (SSSR count). The molecule has 1 aromatic carbocycles. The van der Waals surface area contributed by atoms with E-state index in [0.717, 1.165) is 18.6 Å². The van der Waals surface area contributed by atoms with Crippen LogP contribution in [-0.4, -0.2) is 19.1 Å². The maximum atomic E-state index is 12.0. The van der Waals surface area contributed by atoms with Crippen LogP contribution in [0.25, 0.3) is 0 Å². The van der Waals surface area contributed by atoms with Gasteiger partial charge in [-0.2, -0.15) is 0 Å². The summed E-state index contributed by atoms with van der Waals surface area (Å²) < 4.78 is 5.74. The van der Waals surface area contributed by atoms with Crippen molar-refractivity contribution in [2.45, 2.75) is 46.0 Å². The lowest BCUT2D eigenvalue weighted by molar-refractivity contribution is -0.126. The lowest BCUT2D eigenvalue weighted by Crippen LogP contribution is -2.34. The van der Waals surface area contributed by atoms with Crippen molar-refractivity contribution in [1.29, 1.82) is 0 Å². The van der Waals surface area contributed by atoms with Gasteiger partial charge in [-0.25, -0.2) is 0 Å². The van der Waals surface area contributed by atoms with Crippen molar-refractivity contribution >= 4 is 5.91 Å². The summed E-state index contributed by atoms with van der Waals surface area (Å²) in [6.45, 7) is 5.25. The van der Waals surface area contributed by atoms with Gasteiger partial charge in [0.1, 0.15) is 12.4 Å². The number of carbonyl (C=O) groups is 1. The van der Waals surface area contributed by atoms with Gasteiger partial charge < -0.3 is 10.1 Å². The first-order valence-corrected chi connectivity index (χ1v) is 7.65. The Morgan fingerprint density at radius 2 is 2.00 bits per heavy atom. The highest BCUT2D eigenvalue weighted by atomic mass is 16.5. The molecule has 3 nitrogen and oxygen atoms in total. The molecule has 0 aliphatic heterocycles. The molecule has 0 atom stereocenters. The number of ether oxygens (including phenoxy) is 1. The molecule has 0 aromatic heterocycles. The third-order valence-corrected chi connectivity index (χ3v) is 4.19. The maximum absolute atomic E-state index is 12.0. The van der Waals surface area contributed by atoms with E-state index in [4.69, 9.17) is 4.74 Å². The predicted octanol–water partition coefficient (Wildman–Crippen LogP) is 3.38. The zero-order chi connectivity index (χ0) is 14.4. The van der Waals surface area contributed by atoms with E-state index in [9.17, 15) is 4.79 Å². The monoisotopic (exact) mass is 275 g/mol. The minimum atomic E-state index is 0.203. The Labute approximate surface area is 121 Å². The van der Waals surface area contributed by atoms with Crippen LogP contribution in [0, 0.1) is 19.8 Å². The molecule has 0 bridgehead atoms. The molecule has 1 aromatic rings. The summed E-state index contributed by atoms with van der Waals surface area (Å²) in [7, 11) is 0. The SMILES string of the molecule is Cc1cccc(OCCNC(=O)C2CCCCC2)c1C. The summed E-state index contributed by atoms with van der Waals surface area (Å²) in [4.78, 5) is 12.0. The van der Waals surface area contributed by atoms with E-state index in [1.54, 1.807) is 0 Å². The van der Waals surface area contributed by atoms with Gasteiger partial charge in [0.05, 0.1) is 6.54 Å². The van der Waals surface area contributed by atoms with Gasteiger partial charge in [-0.3, -0.25) is 4.79 Å². The van der Waals surface area contributed by atoms with Crippen molar-refractivity contribution < 1.29 is 9.53 Å². The summed E-state index contributed by atoms with van der Waals surface area (Å²) in [5.74, 6) is 1.34. The van der Waals surface area contributed by atoms with E-state index in [-0.39, 0.29) is 11.8 Å². The number of hydrogen-bond acceptors (Lipinski definition) is 2. The van der Waals surface area contributed by atoms with Gasteiger partial charge in [-0.15, -0.1) is 0 Å². The van der Waals surface area contributed by atoms with Crippen molar-refractivity contribution in [2.75, 3.05) is 13.2 Å². The molecule has 1 amide bonds. The number of hydrogen-bond donors (Lipinski definition) is 1. The summed E-state index contributed by atoms with van der Waals surface area (Å²) in [6.07, 6.45) is 5.75. The van der Waals surface area contributed by atoms with E-state index in [0.29, 0.717) is 13.2 Å². The maximum Gasteiger partial charge on any atom is 0.223 e.